The van der Waals surface area contributed by atoms with Crippen LogP contribution in [-0.2, 0) is 11.2 Å². The number of benzene rings is 2. The van der Waals surface area contributed by atoms with Crippen LogP contribution in [-0.4, -0.2) is 30.1 Å². The van der Waals surface area contributed by atoms with Gasteiger partial charge >= 0.3 is 0 Å². The third kappa shape index (κ3) is 3.74. The van der Waals surface area contributed by atoms with Crippen LogP contribution in [0.2, 0.25) is 0 Å². The molecule has 0 radical (unpaired) electrons. The Hall–Kier alpha value is -3.02. The number of methoxy groups -OCH3 is 2. The maximum atomic E-state index is 12.4. The molecule has 1 heterocycles. The number of fused-ring (bicyclic) bond motifs is 1. The van der Waals surface area contributed by atoms with E-state index >= 15 is 0 Å². The van der Waals surface area contributed by atoms with Crippen LogP contribution in [0.5, 0.6) is 11.5 Å². The highest BCUT2D eigenvalue weighted by Crippen LogP contribution is 2.25. The standard InChI is InChI=1S/C19H21N3O3/c1-12(19-21-15-6-4-5-7-16(15)22-19)20-18(23)10-13-8-9-14(24-2)11-17(13)25-3/h4-9,11-12H,10H2,1-3H3,(H,20,23)(H,21,22)/t12-/m1/s1. The first-order chi connectivity index (χ1) is 12.1. The van der Waals surface area contributed by atoms with Crippen LogP contribution >= 0.6 is 0 Å². The third-order valence-electron chi connectivity index (χ3n) is 4.04. The van der Waals surface area contributed by atoms with Gasteiger partial charge in [0.2, 0.25) is 5.91 Å². The van der Waals surface area contributed by atoms with E-state index in [9.17, 15) is 4.79 Å². The van der Waals surface area contributed by atoms with E-state index in [-0.39, 0.29) is 18.4 Å². The van der Waals surface area contributed by atoms with Crippen LogP contribution in [0.15, 0.2) is 42.5 Å². The SMILES string of the molecule is COc1ccc(CC(=O)N[C@H](C)c2nc3ccccc3[nH]2)c(OC)c1. The summed E-state index contributed by atoms with van der Waals surface area (Å²) in [5.41, 5.74) is 2.64. The maximum Gasteiger partial charge on any atom is 0.225 e. The summed E-state index contributed by atoms with van der Waals surface area (Å²) in [7, 11) is 3.17. The van der Waals surface area contributed by atoms with Gasteiger partial charge < -0.3 is 19.8 Å². The first-order valence-electron chi connectivity index (χ1n) is 8.05. The van der Waals surface area contributed by atoms with Gasteiger partial charge in [-0.1, -0.05) is 18.2 Å². The van der Waals surface area contributed by atoms with E-state index in [0.29, 0.717) is 11.5 Å². The van der Waals surface area contributed by atoms with E-state index in [1.165, 1.54) is 0 Å². The van der Waals surface area contributed by atoms with Gasteiger partial charge in [0.1, 0.15) is 17.3 Å². The van der Waals surface area contributed by atoms with Crippen molar-refractivity contribution < 1.29 is 14.3 Å². The molecular weight excluding hydrogens is 318 g/mol. The Morgan fingerprint density at radius 3 is 2.72 bits per heavy atom. The zero-order chi connectivity index (χ0) is 17.8. The summed E-state index contributed by atoms with van der Waals surface area (Å²) in [6, 6.07) is 13.0. The molecule has 3 rings (SSSR count). The van der Waals surface area contributed by atoms with Crippen molar-refractivity contribution in [2.75, 3.05) is 14.2 Å². The number of ether oxygens (including phenoxy) is 2. The Morgan fingerprint density at radius 2 is 2.00 bits per heavy atom. The molecule has 2 aromatic carbocycles. The number of nitrogens with one attached hydrogen (secondary N) is 2. The largest absolute Gasteiger partial charge is 0.497 e. The van der Waals surface area contributed by atoms with E-state index in [1.54, 1.807) is 20.3 Å². The second-order valence-corrected chi connectivity index (χ2v) is 5.78. The highest BCUT2D eigenvalue weighted by molar-refractivity contribution is 5.80. The molecule has 0 fully saturated rings. The molecule has 6 nitrogen and oxygen atoms in total. The highest BCUT2D eigenvalue weighted by Gasteiger charge is 2.15. The summed E-state index contributed by atoms with van der Waals surface area (Å²) in [6.45, 7) is 1.90. The fraction of sp³-hybridized carbons (Fsp3) is 0.263. The number of amides is 1. The van der Waals surface area contributed by atoms with Crippen molar-refractivity contribution in [1.29, 1.82) is 0 Å². The molecule has 0 bridgehead atoms. The number of imidazole rings is 1. The summed E-state index contributed by atoms with van der Waals surface area (Å²) in [5, 5.41) is 2.97. The molecule has 0 aliphatic carbocycles. The molecule has 0 saturated heterocycles. The Labute approximate surface area is 146 Å². The minimum Gasteiger partial charge on any atom is -0.497 e. The minimum absolute atomic E-state index is 0.101. The number of nitrogens with zero attached hydrogens (tertiary/aromatic N) is 1. The number of carbonyl (C=O) groups is 1. The Balaban J connectivity index is 1.69. The van der Waals surface area contributed by atoms with Gasteiger partial charge in [-0.15, -0.1) is 0 Å². The van der Waals surface area contributed by atoms with Crippen molar-refractivity contribution in [3.8, 4) is 11.5 Å². The number of hydrogen-bond acceptors (Lipinski definition) is 4. The summed E-state index contributed by atoms with van der Waals surface area (Å²) in [4.78, 5) is 20.1. The topological polar surface area (TPSA) is 76.2 Å². The summed E-state index contributed by atoms with van der Waals surface area (Å²) >= 11 is 0. The maximum absolute atomic E-state index is 12.4. The molecule has 0 spiro atoms. The van der Waals surface area contributed by atoms with Gasteiger partial charge in [-0.2, -0.15) is 0 Å². The number of carbonyl (C=O) groups excluding carboxylic acids is 1. The Morgan fingerprint density at radius 1 is 1.20 bits per heavy atom. The highest BCUT2D eigenvalue weighted by atomic mass is 16.5. The average molecular weight is 339 g/mol. The number of aromatic amines is 1. The van der Waals surface area contributed by atoms with Crippen molar-refractivity contribution in [1.82, 2.24) is 15.3 Å². The van der Waals surface area contributed by atoms with Gasteiger partial charge in [-0.05, 0) is 25.1 Å². The van der Waals surface area contributed by atoms with Crippen LogP contribution in [0.25, 0.3) is 11.0 Å². The van der Waals surface area contributed by atoms with Crippen molar-refractivity contribution in [3.05, 3.63) is 53.9 Å². The van der Waals surface area contributed by atoms with Crippen LogP contribution in [0.1, 0.15) is 24.4 Å². The van der Waals surface area contributed by atoms with E-state index < -0.39 is 0 Å². The molecule has 0 saturated carbocycles. The van der Waals surface area contributed by atoms with Gasteiger partial charge in [0.25, 0.3) is 0 Å². The van der Waals surface area contributed by atoms with Crippen LogP contribution in [0, 0.1) is 0 Å². The van der Waals surface area contributed by atoms with Crippen molar-refractivity contribution in [2.45, 2.75) is 19.4 Å². The van der Waals surface area contributed by atoms with Crippen LogP contribution < -0.4 is 14.8 Å². The predicted octanol–water partition coefficient (Wildman–Crippen LogP) is 3.00. The number of aromatic nitrogens is 2. The molecule has 25 heavy (non-hydrogen) atoms. The molecule has 130 valence electrons. The summed E-state index contributed by atoms with van der Waals surface area (Å²) in [6.07, 6.45) is 0.220. The number of para-hydroxylation sites is 2. The van der Waals surface area contributed by atoms with E-state index in [2.05, 4.69) is 15.3 Å². The second kappa shape index (κ2) is 7.25. The Kier molecular flexibility index (Phi) is 4.88. The van der Waals surface area contributed by atoms with E-state index in [1.807, 2.05) is 43.3 Å². The van der Waals surface area contributed by atoms with Gasteiger partial charge in [-0.3, -0.25) is 4.79 Å². The fourth-order valence-electron chi connectivity index (χ4n) is 2.71. The van der Waals surface area contributed by atoms with Crippen LogP contribution in [0.3, 0.4) is 0 Å². The average Bonchev–Trinajstić information content (AvgIpc) is 3.06. The van der Waals surface area contributed by atoms with Crippen molar-refractivity contribution in [3.63, 3.8) is 0 Å². The van der Waals surface area contributed by atoms with Crippen molar-refractivity contribution >= 4 is 16.9 Å². The smallest absolute Gasteiger partial charge is 0.225 e. The molecule has 0 unspecified atom stereocenters. The molecule has 1 aromatic heterocycles. The molecule has 6 heteroatoms. The zero-order valence-corrected chi connectivity index (χ0v) is 14.5. The molecular formula is C19H21N3O3. The lowest BCUT2D eigenvalue weighted by molar-refractivity contribution is -0.121. The summed E-state index contributed by atoms with van der Waals surface area (Å²) < 4.78 is 10.5. The first-order valence-corrected chi connectivity index (χ1v) is 8.05. The summed E-state index contributed by atoms with van der Waals surface area (Å²) in [5.74, 6) is 1.95. The van der Waals surface area contributed by atoms with Gasteiger partial charge in [0.15, 0.2) is 0 Å². The lowest BCUT2D eigenvalue weighted by Crippen LogP contribution is -2.28. The Bertz CT molecular complexity index is 856. The third-order valence-corrected chi connectivity index (χ3v) is 4.04. The van der Waals surface area contributed by atoms with E-state index in [0.717, 1.165) is 22.4 Å². The number of hydrogen-bond donors (Lipinski definition) is 2. The first kappa shape index (κ1) is 16.8. The van der Waals surface area contributed by atoms with Gasteiger partial charge in [0, 0.05) is 11.6 Å². The molecule has 0 aliphatic heterocycles. The monoisotopic (exact) mass is 339 g/mol. The van der Waals surface area contributed by atoms with Gasteiger partial charge in [0.05, 0.1) is 37.7 Å². The zero-order valence-electron chi connectivity index (χ0n) is 14.5. The van der Waals surface area contributed by atoms with Crippen molar-refractivity contribution in [2.24, 2.45) is 0 Å². The lowest BCUT2D eigenvalue weighted by Gasteiger charge is -2.13. The second-order valence-electron chi connectivity index (χ2n) is 5.78. The fourth-order valence-corrected chi connectivity index (χ4v) is 2.71. The molecule has 3 aromatic rings. The van der Waals surface area contributed by atoms with Gasteiger partial charge in [-0.25, -0.2) is 4.98 Å². The minimum atomic E-state index is -0.218. The molecule has 0 aliphatic rings. The quantitative estimate of drug-likeness (QED) is 0.724. The van der Waals surface area contributed by atoms with E-state index in [4.69, 9.17) is 9.47 Å². The predicted molar refractivity (Wildman–Crippen MR) is 95.9 cm³/mol. The molecule has 2 N–H and O–H groups in total. The molecule has 1 amide bonds. The van der Waals surface area contributed by atoms with Crippen LogP contribution in [0.4, 0.5) is 0 Å². The number of rotatable bonds is 6. The number of H-pyrrole nitrogens is 1. The normalized spacial score (nSPS) is 12.0. The molecule has 1 atom stereocenters. The lowest BCUT2D eigenvalue weighted by atomic mass is 10.1.